The molecule has 0 atom stereocenters. The van der Waals surface area contributed by atoms with Gasteiger partial charge in [0, 0.05) is 12.1 Å². The van der Waals surface area contributed by atoms with E-state index in [0.717, 1.165) is 0 Å². The second-order valence-electron chi connectivity index (χ2n) is 3.19. The number of amides is 1. The molecule has 5 heteroatoms. The van der Waals surface area contributed by atoms with Crippen LogP contribution in [0.15, 0.2) is 29.3 Å². The summed E-state index contributed by atoms with van der Waals surface area (Å²) < 4.78 is 11.0. The van der Waals surface area contributed by atoms with Gasteiger partial charge in [0.2, 0.25) is 0 Å². The molecule has 0 unspecified atom stereocenters. The zero-order valence-corrected chi connectivity index (χ0v) is 11.3. The van der Waals surface area contributed by atoms with E-state index in [-0.39, 0.29) is 5.91 Å². The van der Waals surface area contributed by atoms with Crippen LogP contribution in [0, 0.1) is 0 Å². The third kappa shape index (κ3) is 3.23. The van der Waals surface area contributed by atoms with E-state index >= 15 is 0 Å². The van der Waals surface area contributed by atoms with E-state index in [1.807, 2.05) is 0 Å². The molecule has 0 saturated carbocycles. The highest BCUT2D eigenvalue weighted by molar-refractivity contribution is 9.10. The molecule has 4 nitrogen and oxygen atoms in total. The number of ether oxygens (including phenoxy) is 2. The number of carbonyl (C=O) groups is 1. The molecule has 0 aliphatic rings. The van der Waals surface area contributed by atoms with Crippen LogP contribution in [0.1, 0.15) is 10.4 Å². The number of methoxy groups -OCH3 is 2. The van der Waals surface area contributed by atoms with Crippen LogP contribution in [-0.4, -0.2) is 26.7 Å². The smallest absolute Gasteiger partial charge is 0.251 e. The average Bonchev–Trinajstić information content (AvgIpc) is 2.36. The first-order valence-electron chi connectivity index (χ1n) is 4.94. The molecule has 1 amide bonds. The Labute approximate surface area is 109 Å². The van der Waals surface area contributed by atoms with Gasteiger partial charge in [0.1, 0.15) is 16.0 Å². The summed E-state index contributed by atoms with van der Waals surface area (Å²) in [7, 11) is 3.07. The first-order valence-corrected chi connectivity index (χ1v) is 5.74. The summed E-state index contributed by atoms with van der Waals surface area (Å²) in [4.78, 5) is 11.8. The van der Waals surface area contributed by atoms with E-state index < -0.39 is 0 Å². The molecule has 1 rings (SSSR count). The highest BCUT2D eigenvalue weighted by Crippen LogP contribution is 2.35. The van der Waals surface area contributed by atoms with Crippen molar-refractivity contribution < 1.29 is 14.3 Å². The van der Waals surface area contributed by atoms with Crippen LogP contribution in [0.3, 0.4) is 0 Å². The van der Waals surface area contributed by atoms with Gasteiger partial charge in [0.05, 0.1) is 14.2 Å². The molecule has 0 aliphatic carbocycles. The van der Waals surface area contributed by atoms with E-state index in [0.29, 0.717) is 28.1 Å². The predicted octanol–water partition coefficient (Wildman–Crippen LogP) is 2.38. The number of hydrogen-bond acceptors (Lipinski definition) is 3. The minimum absolute atomic E-state index is 0.200. The van der Waals surface area contributed by atoms with Gasteiger partial charge in [-0.15, -0.1) is 6.58 Å². The van der Waals surface area contributed by atoms with E-state index in [1.54, 1.807) is 18.2 Å². The molecule has 0 aromatic heterocycles. The average molecular weight is 300 g/mol. The molecule has 0 bridgehead atoms. The summed E-state index contributed by atoms with van der Waals surface area (Å²) >= 11 is 3.34. The van der Waals surface area contributed by atoms with Crippen molar-refractivity contribution >= 4 is 21.8 Å². The van der Waals surface area contributed by atoms with Gasteiger partial charge in [0.25, 0.3) is 5.91 Å². The van der Waals surface area contributed by atoms with Gasteiger partial charge < -0.3 is 14.8 Å². The fourth-order valence-corrected chi connectivity index (χ4v) is 1.82. The van der Waals surface area contributed by atoms with Crippen molar-refractivity contribution in [1.82, 2.24) is 5.32 Å². The molecule has 92 valence electrons. The second kappa shape index (κ2) is 6.30. The highest BCUT2D eigenvalue weighted by atomic mass is 79.9. The quantitative estimate of drug-likeness (QED) is 0.849. The number of hydrogen-bond donors (Lipinski definition) is 1. The first-order chi connectivity index (χ1) is 8.13. The summed E-state index contributed by atoms with van der Waals surface area (Å²) in [5.74, 6) is 0.898. The molecule has 0 heterocycles. The van der Waals surface area contributed by atoms with Gasteiger partial charge in [-0.3, -0.25) is 4.79 Å². The summed E-state index contributed by atoms with van der Waals surface area (Å²) in [5, 5.41) is 2.69. The molecule has 0 fully saturated rings. The number of nitrogens with one attached hydrogen (secondary N) is 1. The van der Waals surface area contributed by atoms with E-state index in [9.17, 15) is 4.79 Å². The van der Waals surface area contributed by atoms with Gasteiger partial charge in [-0.2, -0.15) is 0 Å². The summed E-state index contributed by atoms with van der Waals surface area (Å²) in [6.07, 6.45) is 1.62. The molecule has 1 N–H and O–H groups in total. The van der Waals surface area contributed by atoms with Gasteiger partial charge in [0.15, 0.2) is 0 Å². The topological polar surface area (TPSA) is 47.6 Å². The third-order valence-corrected chi connectivity index (χ3v) is 2.90. The van der Waals surface area contributed by atoms with Crippen molar-refractivity contribution in [2.24, 2.45) is 0 Å². The van der Waals surface area contributed by atoms with E-state index in [4.69, 9.17) is 9.47 Å². The minimum atomic E-state index is -0.200. The summed E-state index contributed by atoms with van der Waals surface area (Å²) in [6, 6.07) is 3.29. The minimum Gasteiger partial charge on any atom is -0.495 e. The Kier molecular flexibility index (Phi) is 5.03. The van der Waals surface area contributed by atoms with Crippen LogP contribution in [0.2, 0.25) is 0 Å². The zero-order valence-electron chi connectivity index (χ0n) is 9.75. The van der Waals surface area contributed by atoms with Crippen LogP contribution >= 0.6 is 15.9 Å². The Hall–Kier alpha value is -1.49. The number of benzene rings is 1. The fourth-order valence-electron chi connectivity index (χ4n) is 1.27. The largest absolute Gasteiger partial charge is 0.495 e. The Balaban J connectivity index is 3.08. The molecule has 1 aromatic rings. The van der Waals surface area contributed by atoms with E-state index in [2.05, 4.69) is 27.8 Å². The van der Waals surface area contributed by atoms with Crippen molar-refractivity contribution in [3.8, 4) is 11.5 Å². The summed E-state index contributed by atoms with van der Waals surface area (Å²) in [6.45, 7) is 3.95. The predicted molar refractivity (Wildman–Crippen MR) is 69.8 cm³/mol. The maximum absolute atomic E-state index is 11.8. The van der Waals surface area contributed by atoms with Crippen LogP contribution in [0.25, 0.3) is 0 Å². The molecule has 0 spiro atoms. The lowest BCUT2D eigenvalue weighted by Gasteiger charge is -2.11. The Morgan fingerprint density at radius 2 is 1.94 bits per heavy atom. The van der Waals surface area contributed by atoms with Crippen LogP contribution in [0.5, 0.6) is 11.5 Å². The summed E-state index contributed by atoms with van der Waals surface area (Å²) in [5.41, 5.74) is 0.476. The SMILES string of the molecule is C=CCNC(=O)c1cc(OC)c(Br)c(OC)c1. The molecule has 0 saturated heterocycles. The van der Waals surface area contributed by atoms with Crippen molar-refractivity contribution in [2.75, 3.05) is 20.8 Å². The van der Waals surface area contributed by atoms with Gasteiger partial charge in [-0.25, -0.2) is 0 Å². The van der Waals surface area contributed by atoms with Crippen LogP contribution in [-0.2, 0) is 0 Å². The molecular formula is C12H14BrNO3. The Morgan fingerprint density at radius 3 is 2.35 bits per heavy atom. The fraction of sp³-hybridized carbons (Fsp3) is 0.250. The monoisotopic (exact) mass is 299 g/mol. The standard InChI is InChI=1S/C12H14BrNO3/c1-4-5-14-12(15)8-6-9(16-2)11(13)10(7-8)17-3/h4,6-7H,1,5H2,2-3H3,(H,14,15). The lowest BCUT2D eigenvalue weighted by molar-refractivity contribution is 0.0957. The lowest BCUT2D eigenvalue weighted by atomic mass is 10.2. The van der Waals surface area contributed by atoms with Crippen molar-refractivity contribution in [3.63, 3.8) is 0 Å². The number of carbonyl (C=O) groups excluding carboxylic acids is 1. The van der Waals surface area contributed by atoms with Gasteiger partial charge in [-0.1, -0.05) is 6.08 Å². The zero-order chi connectivity index (χ0) is 12.8. The highest BCUT2D eigenvalue weighted by Gasteiger charge is 2.13. The van der Waals surface area contributed by atoms with E-state index in [1.165, 1.54) is 14.2 Å². The maximum Gasteiger partial charge on any atom is 0.251 e. The van der Waals surface area contributed by atoms with Crippen molar-refractivity contribution in [2.45, 2.75) is 0 Å². The number of rotatable bonds is 5. The Bertz CT molecular complexity index is 407. The maximum atomic E-state index is 11.8. The Morgan fingerprint density at radius 1 is 1.41 bits per heavy atom. The molecule has 17 heavy (non-hydrogen) atoms. The van der Waals surface area contributed by atoms with Gasteiger partial charge >= 0.3 is 0 Å². The van der Waals surface area contributed by atoms with Crippen LogP contribution < -0.4 is 14.8 Å². The van der Waals surface area contributed by atoms with Crippen molar-refractivity contribution in [1.29, 1.82) is 0 Å². The number of halogens is 1. The molecule has 0 radical (unpaired) electrons. The third-order valence-electron chi connectivity index (χ3n) is 2.11. The molecule has 0 aliphatic heterocycles. The normalized spacial score (nSPS) is 9.59. The molecular weight excluding hydrogens is 286 g/mol. The second-order valence-corrected chi connectivity index (χ2v) is 3.99. The first kappa shape index (κ1) is 13.6. The van der Waals surface area contributed by atoms with Gasteiger partial charge in [-0.05, 0) is 28.1 Å². The lowest BCUT2D eigenvalue weighted by Crippen LogP contribution is -2.23. The molecule has 1 aromatic carbocycles. The van der Waals surface area contributed by atoms with Crippen molar-refractivity contribution in [3.05, 3.63) is 34.8 Å². The van der Waals surface area contributed by atoms with Crippen LogP contribution in [0.4, 0.5) is 0 Å².